The standard InChI is InChI=1S/C13H20O4/c1-3-6-9(2)17-13(16)11-8-5-4-7-10(11)12(14)15/h4-5,9-11H,3,6-8H2,1-2H3,(H,14,15)/t9?,10-,11+/m0/s1. The molecule has 1 rings (SSSR count). The Bertz CT molecular complexity index is 309. The Labute approximate surface area is 102 Å². The maximum atomic E-state index is 11.9. The number of carbonyl (C=O) groups is 2. The van der Waals surface area contributed by atoms with E-state index in [-0.39, 0.29) is 12.1 Å². The number of rotatable bonds is 5. The molecule has 0 aromatic rings. The topological polar surface area (TPSA) is 63.6 Å². The SMILES string of the molecule is CCCC(C)OC(=O)[C@@H]1CC=CC[C@@H]1C(=O)O. The van der Waals surface area contributed by atoms with Gasteiger partial charge in [-0.2, -0.15) is 0 Å². The summed E-state index contributed by atoms with van der Waals surface area (Å²) in [7, 11) is 0. The number of esters is 1. The van der Waals surface area contributed by atoms with Crippen LogP contribution in [0.4, 0.5) is 0 Å². The van der Waals surface area contributed by atoms with Crippen molar-refractivity contribution in [1.82, 2.24) is 0 Å². The van der Waals surface area contributed by atoms with E-state index in [9.17, 15) is 9.59 Å². The van der Waals surface area contributed by atoms with E-state index in [4.69, 9.17) is 9.84 Å². The van der Waals surface area contributed by atoms with Gasteiger partial charge in [0.2, 0.25) is 0 Å². The van der Waals surface area contributed by atoms with E-state index in [0.717, 1.165) is 12.8 Å². The molecular weight excluding hydrogens is 220 g/mol. The molecule has 0 bridgehead atoms. The number of hydrogen-bond donors (Lipinski definition) is 1. The van der Waals surface area contributed by atoms with Gasteiger partial charge in [0.05, 0.1) is 17.9 Å². The molecule has 0 heterocycles. The van der Waals surface area contributed by atoms with Crippen LogP contribution in [0.5, 0.6) is 0 Å². The minimum Gasteiger partial charge on any atom is -0.481 e. The summed E-state index contributed by atoms with van der Waals surface area (Å²) in [5.41, 5.74) is 0. The molecule has 0 saturated heterocycles. The smallest absolute Gasteiger partial charge is 0.310 e. The van der Waals surface area contributed by atoms with Gasteiger partial charge in [0.15, 0.2) is 0 Å². The molecule has 1 N–H and O–H groups in total. The highest BCUT2D eigenvalue weighted by molar-refractivity contribution is 5.81. The molecule has 4 heteroatoms. The highest BCUT2D eigenvalue weighted by atomic mass is 16.5. The Balaban J connectivity index is 2.60. The van der Waals surface area contributed by atoms with E-state index in [1.807, 2.05) is 26.0 Å². The van der Waals surface area contributed by atoms with Crippen LogP contribution in [-0.4, -0.2) is 23.1 Å². The van der Waals surface area contributed by atoms with Gasteiger partial charge in [-0.3, -0.25) is 9.59 Å². The second-order valence-electron chi connectivity index (χ2n) is 4.53. The number of ether oxygens (including phenoxy) is 1. The molecule has 0 amide bonds. The van der Waals surface area contributed by atoms with Crippen molar-refractivity contribution in [3.8, 4) is 0 Å². The van der Waals surface area contributed by atoms with E-state index >= 15 is 0 Å². The third-order valence-electron chi connectivity index (χ3n) is 3.06. The summed E-state index contributed by atoms with van der Waals surface area (Å²) in [4.78, 5) is 22.9. The third kappa shape index (κ3) is 3.88. The fourth-order valence-electron chi connectivity index (χ4n) is 2.10. The molecule has 3 atom stereocenters. The second-order valence-corrected chi connectivity index (χ2v) is 4.53. The van der Waals surface area contributed by atoms with Crippen molar-refractivity contribution in [3.05, 3.63) is 12.2 Å². The molecule has 0 aromatic heterocycles. The summed E-state index contributed by atoms with van der Waals surface area (Å²) < 4.78 is 5.27. The second kappa shape index (κ2) is 6.42. The van der Waals surface area contributed by atoms with Crippen molar-refractivity contribution in [2.75, 3.05) is 0 Å². The van der Waals surface area contributed by atoms with E-state index < -0.39 is 17.8 Å². The lowest BCUT2D eigenvalue weighted by atomic mass is 9.83. The first kappa shape index (κ1) is 13.7. The maximum absolute atomic E-state index is 11.9. The molecule has 17 heavy (non-hydrogen) atoms. The molecule has 1 aliphatic carbocycles. The zero-order valence-electron chi connectivity index (χ0n) is 10.4. The number of hydrogen-bond acceptors (Lipinski definition) is 3. The first-order valence-corrected chi connectivity index (χ1v) is 6.14. The lowest BCUT2D eigenvalue weighted by Crippen LogP contribution is -2.33. The summed E-state index contributed by atoms with van der Waals surface area (Å²) in [5.74, 6) is -2.46. The summed E-state index contributed by atoms with van der Waals surface area (Å²) in [6, 6.07) is 0. The van der Waals surface area contributed by atoms with E-state index in [1.54, 1.807) is 0 Å². The number of aliphatic carboxylic acids is 1. The van der Waals surface area contributed by atoms with Crippen LogP contribution in [0.3, 0.4) is 0 Å². The van der Waals surface area contributed by atoms with Crippen LogP contribution in [0.1, 0.15) is 39.5 Å². The van der Waals surface area contributed by atoms with Gasteiger partial charge in [-0.15, -0.1) is 0 Å². The Morgan fingerprint density at radius 3 is 2.47 bits per heavy atom. The van der Waals surface area contributed by atoms with Crippen molar-refractivity contribution < 1.29 is 19.4 Å². The number of carboxylic acid groups (broad SMARTS) is 1. The zero-order valence-corrected chi connectivity index (χ0v) is 10.4. The number of carboxylic acids is 1. The normalized spacial score (nSPS) is 25.3. The Morgan fingerprint density at radius 1 is 1.35 bits per heavy atom. The fourth-order valence-corrected chi connectivity index (χ4v) is 2.10. The summed E-state index contributed by atoms with van der Waals surface area (Å²) in [5, 5.41) is 9.05. The van der Waals surface area contributed by atoms with Gasteiger partial charge < -0.3 is 9.84 Å². The van der Waals surface area contributed by atoms with E-state index in [2.05, 4.69) is 0 Å². The molecule has 1 aliphatic rings. The maximum Gasteiger partial charge on any atom is 0.310 e. The highest BCUT2D eigenvalue weighted by Gasteiger charge is 2.35. The monoisotopic (exact) mass is 240 g/mol. The van der Waals surface area contributed by atoms with Crippen LogP contribution in [0.15, 0.2) is 12.2 Å². The van der Waals surface area contributed by atoms with Crippen LogP contribution in [-0.2, 0) is 14.3 Å². The third-order valence-corrected chi connectivity index (χ3v) is 3.06. The average Bonchev–Trinajstić information content (AvgIpc) is 2.29. The molecule has 0 spiro atoms. The van der Waals surface area contributed by atoms with Crippen LogP contribution in [0.2, 0.25) is 0 Å². The van der Waals surface area contributed by atoms with Gasteiger partial charge in [-0.1, -0.05) is 25.5 Å². The molecule has 0 radical (unpaired) electrons. The predicted octanol–water partition coefficient (Wildman–Crippen LogP) is 2.39. The van der Waals surface area contributed by atoms with Crippen LogP contribution in [0.25, 0.3) is 0 Å². The first-order valence-electron chi connectivity index (χ1n) is 6.14. The van der Waals surface area contributed by atoms with Gasteiger partial charge in [-0.25, -0.2) is 0 Å². The molecule has 0 aromatic carbocycles. The van der Waals surface area contributed by atoms with Crippen molar-refractivity contribution in [3.63, 3.8) is 0 Å². The molecule has 0 fully saturated rings. The van der Waals surface area contributed by atoms with Gasteiger partial charge in [-0.05, 0) is 26.2 Å². The summed E-state index contributed by atoms with van der Waals surface area (Å²) in [6.45, 7) is 3.86. The van der Waals surface area contributed by atoms with Gasteiger partial charge in [0.25, 0.3) is 0 Å². The van der Waals surface area contributed by atoms with Crippen molar-refractivity contribution in [2.45, 2.75) is 45.6 Å². The molecule has 0 saturated carbocycles. The highest BCUT2D eigenvalue weighted by Crippen LogP contribution is 2.27. The first-order chi connectivity index (χ1) is 8.06. The predicted molar refractivity (Wildman–Crippen MR) is 63.5 cm³/mol. The van der Waals surface area contributed by atoms with E-state index in [0.29, 0.717) is 12.8 Å². The van der Waals surface area contributed by atoms with E-state index in [1.165, 1.54) is 0 Å². The van der Waals surface area contributed by atoms with Crippen LogP contribution >= 0.6 is 0 Å². The minimum atomic E-state index is -0.917. The van der Waals surface area contributed by atoms with Crippen LogP contribution < -0.4 is 0 Å². The lowest BCUT2D eigenvalue weighted by Gasteiger charge is -2.25. The molecule has 0 aliphatic heterocycles. The Morgan fingerprint density at radius 2 is 1.94 bits per heavy atom. The van der Waals surface area contributed by atoms with Crippen molar-refractivity contribution in [2.24, 2.45) is 11.8 Å². The lowest BCUT2D eigenvalue weighted by molar-refractivity contribution is -0.161. The average molecular weight is 240 g/mol. The fraction of sp³-hybridized carbons (Fsp3) is 0.692. The van der Waals surface area contributed by atoms with Gasteiger partial charge in [0.1, 0.15) is 0 Å². The molecule has 4 nitrogen and oxygen atoms in total. The number of allylic oxidation sites excluding steroid dienone is 2. The van der Waals surface area contributed by atoms with Crippen LogP contribution in [0, 0.1) is 11.8 Å². The number of carbonyl (C=O) groups excluding carboxylic acids is 1. The largest absolute Gasteiger partial charge is 0.481 e. The quantitative estimate of drug-likeness (QED) is 0.592. The van der Waals surface area contributed by atoms with Gasteiger partial charge >= 0.3 is 11.9 Å². The van der Waals surface area contributed by atoms with Crippen molar-refractivity contribution in [1.29, 1.82) is 0 Å². The minimum absolute atomic E-state index is 0.132. The summed E-state index contributed by atoms with van der Waals surface area (Å²) >= 11 is 0. The Kier molecular flexibility index (Phi) is 5.19. The molecule has 96 valence electrons. The summed E-state index contributed by atoms with van der Waals surface area (Å²) in [6.07, 6.45) is 6.18. The molecular formula is C13H20O4. The van der Waals surface area contributed by atoms with Gasteiger partial charge in [0, 0.05) is 0 Å². The Hall–Kier alpha value is -1.32. The molecule has 1 unspecified atom stereocenters. The zero-order chi connectivity index (χ0) is 12.8. The van der Waals surface area contributed by atoms with Crippen molar-refractivity contribution >= 4 is 11.9 Å².